The van der Waals surface area contributed by atoms with Crippen LogP contribution >= 0.6 is 11.6 Å². The summed E-state index contributed by atoms with van der Waals surface area (Å²) in [5.74, 6) is 2.85. The van der Waals surface area contributed by atoms with Gasteiger partial charge in [0.25, 0.3) is 5.91 Å². The van der Waals surface area contributed by atoms with Crippen LogP contribution in [-0.4, -0.2) is 53.1 Å². The SMILES string of the molecule is CCCc1cc(Cl)ccc1C1COc2ccc3cc2N(C1)CC1CCC1C(CC1=NC(C)(C)CO1)/C=C/CC(C)C(C)S(=O)NC3=O. The number of ether oxygens (including phenoxy) is 2. The maximum Gasteiger partial charge on any atom is 0.263 e. The maximum atomic E-state index is 13.4. The van der Waals surface area contributed by atoms with Crippen molar-refractivity contribution in [2.24, 2.45) is 28.7 Å². The van der Waals surface area contributed by atoms with Crippen molar-refractivity contribution in [1.82, 2.24) is 4.72 Å². The van der Waals surface area contributed by atoms with Crippen LogP contribution < -0.4 is 14.4 Å². The number of rotatable bonds is 5. The van der Waals surface area contributed by atoms with Crippen LogP contribution in [-0.2, 0) is 22.1 Å². The highest BCUT2D eigenvalue weighted by atomic mass is 35.5. The van der Waals surface area contributed by atoms with Gasteiger partial charge in [0.05, 0.1) is 23.1 Å². The number of nitrogens with zero attached hydrogens (tertiary/aromatic N) is 2. The monoisotopic (exact) mass is 679 g/mol. The van der Waals surface area contributed by atoms with Crippen molar-refractivity contribution in [3.63, 3.8) is 0 Å². The number of anilines is 1. The molecule has 254 valence electrons. The van der Waals surface area contributed by atoms with E-state index >= 15 is 0 Å². The molecule has 1 aliphatic carbocycles. The Morgan fingerprint density at radius 3 is 2.66 bits per heavy atom. The second kappa shape index (κ2) is 14.3. The fourth-order valence-corrected chi connectivity index (χ4v) is 8.78. The highest BCUT2D eigenvalue weighted by Gasteiger charge is 2.40. The molecule has 2 bridgehead atoms. The van der Waals surface area contributed by atoms with Gasteiger partial charge in [-0.05, 0) is 112 Å². The van der Waals surface area contributed by atoms with E-state index in [2.05, 4.69) is 61.6 Å². The van der Waals surface area contributed by atoms with E-state index in [0.29, 0.717) is 36.5 Å². The summed E-state index contributed by atoms with van der Waals surface area (Å²) in [4.78, 5) is 20.8. The summed E-state index contributed by atoms with van der Waals surface area (Å²) in [6, 6.07) is 11.9. The Labute approximate surface area is 288 Å². The Morgan fingerprint density at radius 2 is 1.94 bits per heavy atom. The topological polar surface area (TPSA) is 80.2 Å². The van der Waals surface area contributed by atoms with E-state index in [4.69, 9.17) is 26.1 Å². The lowest BCUT2D eigenvalue weighted by Gasteiger charge is -2.44. The predicted octanol–water partition coefficient (Wildman–Crippen LogP) is 7.89. The summed E-state index contributed by atoms with van der Waals surface area (Å²) in [5.41, 5.74) is 3.78. The van der Waals surface area contributed by atoms with E-state index in [1.165, 1.54) is 11.1 Å². The predicted molar refractivity (Wildman–Crippen MR) is 192 cm³/mol. The molecule has 0 spiro atoms. The second-order valence-electron chi connectivity index (χ2n) is 14.7. The number of carbonyl (C=O) groups excluding carboxylic acids is 1. The molecule has 1 amide bonds. The zero-order chi connectivity index (χ0) is 33.3. The number of aliphatic imine (C=N–C) groups is 1. The molecule has 0 aromatic heterocycles. The molecule has 2 aromatic rings. The molecule has 3 heterocycles. The third kappa shape index (κ3) is 7.75. The zero-order valence-corrected chi connectivity index (χ0v) is 30.0. The number of carbonyl (C=O) groups is 1. The fourth-order valence-electron chi connectivity index (χ4n) is 7.57. The zero-order valence-electron chi connectivity index (χ0n) is 28.5. The first-order valence-electron chi connectivity index (χ1n) is 17.4. The summed E-state index contributed by atoms with van der Waals surface area (Å²) < 4.78 is 28.7. The minimum atomic E-state index is -1.52. The quantitative estimate of drug-likeness (QED) is 0.325. The van der Waals surface area contributed by atoms with E-state index in [1.54, 1.807) is 6.07 Å². The number of nitrogens with one attached hydrogen (secondary N) is 1. The molecule has 1 saturated carbocycles. The van der Waals surface area contributed by atoms with Gasteiger partial charge in [0.1, 0.15) is 23.3 Å². The first-order valence-corrected chi connectivity index (χ1v) is 19.0. The van der Waals surface area contributed by atoms with Gasteiger partial charge in [-0.3, -0.25) is 9.52 Å². The first-order chi connectivity index (χ1) is 22.5. The van der Waals surface area contributed by atoms with E-state index < -0.39 is 11.0 Å². The van der Waals surface area contributed by atoms with Crippen molar-refractivity contribution < 1.29 is 18.5 Å². The molecule has 4 aliphatic rings. The van der Waals surface area contributed by atoms with Crippen LogP contribution in [0.3, 0.4) is 0 Å². The van der Waals surface area contributed by atoms with Crippen molar-refractivity contribution in [1.29, 1.82) is 0 Å². The van der Waals surface area contributed by atoms with Crippen LogP contribution in [0.5, 0.6) is 5.75 Å². The molecule has 9 heteroatoms. The summed E-state index contributed by atoms with van der Waals surface area (Å²) in [6.45, 7) is 13.3. The van der Waals surface area contributed by atoms with Crippen LogP contribution in [0.4, 0.5) is 5.69 Å². The van der Waals surface area contributed by atoms with Crippen molar-refractivity contribution in [3.8, 4) is 5.75 Å². The van der Waals surface area contributed by atoms with Crippen molar-refractivity contribution in [2.45, 2.75) is 89.9 Å². The number of hydrogen-bond donors (Lipinski definition) is 1. The number of aryl methyl sites for hydroxylation is 1. The molecule has 7 nitrogen and oxygen atoms in total. The van der Waals surface area contributed by atoms with Gasteiger partial charge < -0.3 is 14.4 Å². The molecule has 6 rings (SSSR count). The van der Waals surface area contributed by atoms with E-state index in [0.717, 1.165) is 74.0 Å². The van der Waals surface area contributed by atoms with Gasteiger partial charge >= 0.3 is 0 Å². The van der Waals surface area contributed by atoms with Crippen LogP contribution in [0.15, 0.2) is 53.5 Å². The Balaban J connectivity index is 1.37. The number of halogens is 1. The van der Waals surface area contributed by atoms with Crippen molar-refractivity contribution in [3.05, 3.63) is 70.3 Å². The molecule has 0 saturated heterocycles. The summed E-state index contributed by atoms with van der Waals surface area (Å²) in [5, 5.41) is 0.556. The molecular weight excluding hydrogens is 630 g/mol. The van der Waals surface area contributed by atoms with Crippen LogP contribution in [0.1, 0.15) is 94.1 Å². The number of amides is 1. The highest BCUT2D eigenvalue weighted by Crippen LogP contribution is 2.45. The van der Waals surface area contributed by atoms with Crippen LogP contribution in [0.25, 0.3) is 0 Å². The Morgan fingerprint density at radius 1 is 1.11 bits per heavy atom. The maximum absolute atomic E-state index is 13.4. The fraction of sp³-hybridized carbons (Fsp3) is 0.579. The molecule has 2 aromatic carbocycles. The van der Waals surface area contributed by atoms with Gasteiger partial charge in [0.15, 0.2) is 5.90 Å². The Bertz CT molecular complexity index is 1560. The first kappa shape index (κ1) is 34.0. The second-order valence-corrected chi connectivity index (χ2v) is 16.7. The number of benzene rings is 2. The van der Waals surface area contributed by atoms with Gasteiger partial charge in [0, 0.05) is 36.0 Å². The van der Waals surface area contributed by atoms with Gasteiger partial charge in [-0.1, -0.05) is 50.1 Å². The number of hydrogen-bond acceptors (Lipinski definition) is 6. The lowest BCUT2D eigenvalue weighted by atomic mass is 9.65. The molecular formula is C38H50ClN3O4S. The molecule has 47 heavy (non-hydrogen) atoms. The molecule has 1 N–H and O–H groups in total. The Kier molecular flexibility index (Phi) is 10.4. The standard InChI is InChI=1S/C38H50ClN3O4S/c1-6-8-26-17-31(39)13-15-33(26)30-21-42-20-29-11-14-32(29)27(19-36-40-38(4,5)23-46-36)10-7-9-24(2)25(3)47(44)41-37(43)28-12-16-35(45-22-30)34(42)18-28/h7,10,12-13,15-18,24-25,27,29-30,32H,6,8-9,11,14,19-23H2,1-5H3,(H,41,43)/b10-7+. The lowest BCUT2D eigenvalue weighted by molar-refractivity contribution is 0.0982. The number of fused-ring (bicyclic) bond motifs is 2. The Hall–Kier alpha value is -2.84. The minimum Gasteiger partial charge on any atom is -0.491 e. The van der Waals surface area contributed by atoms with E-state index in [9.17, 15) is 9.00 Å². The van der Waals surface area contributed by atoms with E-state index in [-0.39, 0.29) is 28.5 Å². The average molecular weight is 680 g/mol. The normalized spacial score (nSPS) is 31.3. The highest BCUT2D eigenvalue weighted by molar-refractivity contribution is 7.84. The molecule has 3 aliphatic heterocycles. The largest absolute Gasteiger partial charge is 0.491 e. The smallest absolute Gasteiger partial charge is 0.263 e. The third-order valence-electron chi connectivity index (χ3n) is 10.6. The van der Waals surface area contributed by atoms with Crippen molar-refractivity contribution >= 4 is 40.1 Å². The lowest BCUT2D eigenvalue weighted by Crippen LogP contribution is -2.43. The van der Waals surface area contributed by atoms with Gasteiger partial charge in [0.2, 0.25) is 0 Å². The van der Waals surface area contributed by atoms with Gasteiger partial charge in [-0.2, -0.15) is 0 Å². The van der Waals surface area contributed by atoms with Gasteiger partial charge in [-0.25, -0.2) is 9.20 Å². The molecule has 0 radical (unpaired) electrons. The summed E-state index contributed by atoms with van der Waals surface area (Å²) in [7, 11) is -1.52. The van der Waals surface area contributed by atoms with Crippen LogP contribution in [0.2, 0.25) is 5.02 Å². The minimum absolute atomic E-state index is 0.135. The molecule has 7 atom stereocenters. The summed E-state index contributed by atoms with van der Waals surface area (Å²) in [6.07, 6.45) is 10.5. The summed E-state index contributed by atoms with van der Waals surface area (Å²) >= 11 is 6.46. The van der Waals surface area contributed by atoms with Gasteiger partial charge in [-0.15, -0.1) is 0 Å². The third-order valence-corrected chi connectivity index (χ3v) is 12.4. The molecule has 7 unspecified atom stereocenters. The molecule has 1 fully saturated rings. The van der Waals surface area contributed by atoms with E-state index in [1.807, 2.05) is 25.1 Å². The average Bonchev–Trinajstić information content (AvgIpc) is 3.26. The van der Waals surface area contributed by atoms with Crippen molar-refractivity contribution in [2.75, 3.05) is 31.2 Å². The number of allylic oxidation sites excluding steroid dienone is 2. The van der Waals surface area contributed by atoms with Crippen LogP contribution in [0, 0.1) is 23.7 Å².